The number of carbonyl (C=O) groups excluding carboxylic acids is 1. The van der Waals surface area contributed by atoms with Crippen molar-refractivity contribution in [3.63, 3.8) is 0 Å². The van der Waals surface area contributed by atoms with E-state index in [2.05, 4.69) is 15.2 Å². The summed E-state index contributed by atoms with van der Waals surface area (Å²) in [6.07, 6.45) is 0. The predicted molar refractivity (Wildman–Crippen MR) is 97.9 cm³/mol. The molecule has 26 heavy (non-hydrogen) atoms. The number of hydrogen-bond acceptors (Lipinski definition) is 5. The van der Waals surface area contributed by atoms with Gasteiger partial charge in [-0.2, -0.15) is 0 Å². The molecule has 0 saturated carbocycles. The van der Waals surface area contributed by atoms with Gasteiger partial charge in [-0.25, -0.2) is 8.42 Å². The second-order valence-corrected chi connectivity index (χ2v) is 7.53. The molecule has 0 spiro atoms. The standard InChI is InChI=1S/C17H14ClN3O4S/c1-11-10-16(20-25-11)21-26(23,24)15-8-6-14(7-9-15)19-17(22)12-2-4-13(18)5-3-12/h2-10H,1H3,(H,19,22)(H,20,21). The highest BCUT2D eigenvalue weighted by Crippen LogP contribution is 2.19. The lowest BCUT2D eigenvalue weighted by Crippen LogP contribution is -2.14. The van der Waals surface area contributed by atoms with E-state index in [0.717, 1.165) is 0 Å². The first-order chi connectivity index (χ1) is 12.3. The minimum absolute atomic E-state index is 0.0302. The van der Waals surface area contributed by atoms with Crippen molar-refractivity contribution in [3.8, 4) is 0 Å². The average molecular weight is 392 g/mol. The van der Waals surface area contributed by atoms with E-state index in [4.69, 9.17) is 16.1 Å². The molecule has 9 heteroatoms. The Balaban J connectivity index is 1.71. The van der Waals surface area contributed by atoms with E-state index in [9.17, 15) is 13.2 Å². The zero-order chi connectivity index (χ0) is 18.7. The van der Waals surface area contributed by atoms with Crippen LogP contribution in [0.25, 0.3) is 0 Å². The molecular weight excluding hydrogens is 378 g/mol. The van der Waals surface area contributed by atoms with Gasteiger partial charge in [0.25, 0.3) is 15.9 Å². The number of nitrogens with one attached hydrogen (secondary N) is 2. The molecule has 134 valence electrons. The highest BCUT2D eigenvalue weighted by Gasteiger charge is 2.16. The Bertz CT molecular complexity index is 1030. The van der Waals surface area contributed by atoms with E-state index in [1.54, 1.807) is 31.2 Å². The van der Waals surface area contributed by atoms with Crippen molar-refractivity contribution >= 4 is 39.0 Å². The molecule has 1 heterocycles. The molecule has 2 N–H and O–H groups in total. The molecule has 0 saturated heterocycles. The molecule has 3 rings (SSSR count). The predicted octanol–water partition coefficient (Wildman–Crippen LogP) is 3.69. The fourth-order valence-corrected chi connectivity index (χ4v) is 3.24. The molecular formula is C17H14ClN3O4S. The second kappa shape index (κ2) is 7.19. The monoisotopic (exact) mass is 391 g/mol. The quantitative estimate of drug-likeness (QED) is 0.690. The van der Waals surface area contributed by atoms with Crippen LogP contribution in [0.2, 0.25) is 5.02 Å². The average Bonchev–Trinajstić information content (AvgIpc) is 3.00. The molecule has 0 atom stereocenters. The fraction of sp³-hybridized carbons (Fsp3) is 0.0588. The molecule has 7 nitrogen and oxygen atoms in total. The summed E-state index contributed by atoms with van der Waals surface area (Å²) in [5, 5.41) is 6.81. The molecule has 1 aromatic heterocycles. The van der Waals surface area contributed by atoms with Crippen molar-refractivity contribution in [2.24, 2.45) is 0 Å². The third kappa shape index (κ3) is 4.22. The van der Waals surface area contributed by atoms with Gasteiger partial charge in [-0.05, 0) is 55.5 Å². The van der Waals surface area contributed by atoms with Crippen LogP contribution in [-0.4, -0.2) is 19.5 Å². The van der Waals surface area contributed by atoms with Gasteiger partial charge in [0.2, 0.25) is 0 Å². The summed E-state index contributed by atoms with van der Waals surface area (Å²) in [5.41, 5.74) is 0.898. The smallest absolute Gasteiger partial charge is 0.263 e. The SMILES string of the molecule is Cc1cc(NS(=O)(=O)c2ccc(NC(=O)c3ccc(Cl)cc3)cc2)no1. The molecule has 3 aromatic rings. The maximum atomic E-state index is 12.3. The number of benzene rings is 2. The number of amides is 1. The summed E-state index contributed by atoms with van der Waals surface area (Å²) in [6, 6.07) is 13.7. The van der Waals surface area contributed by atoms with E-state index in [1.165, 1.54) is 30.3 Å². The van der Waals surface area contributed by atoms with Crippen molar-refractivity contribution in [3.05, 3.63) is 70.9 Å². The lowest BCUT2D eigenvalue weighted by atomic mass is 10.2. The summed E-state index contributed by atoms with van der Waals surface area (Å²) in [5.74, 6) is 0.263. The maximum absolute atomic E-state index is 12.3. The van der Waals surface area contributed by atoms with Crippen LogP contribution in [0.15, 0.2) is 64.0 Å². The Morgan fingerprint density at radius 3 is 2.31 bits per heavy atom. The highest BCUT2D eigenvalue weighted by molar-refractivity contribution is 7.92. The van der Waals surface area contributed by atoms with Crippen LogP contribution in [0.1, 0.15) is 16.1 Å². The Morgan fingerprint density at radius 2 is 1.73 bits per heavy atom. The van der Waals surface area contributed by atoms with Crippen LogP contribution in [0, 0.1) is 6.92 Å². The van der Waals surface area contributed by atoms with Gasteiger partial charge in [-0.15, -0.1) is 0 Å². The van der Waals surface area contributed by atoms with Gasteiger partial charge < -0.3 is 9.84 Å². The normalized spacial score (nSPS) is 11.2. The van der Waals surface area contributed by atoms with Gasteiger partial charge in [0.15, 0.2) is 5.82 Å². The summed E-state index contributed by atoms with van der Waals surface area (Å²) >= 11 is 5.79. The zero-order valence-electron chi connectivity index (χ0n) is 13.6. The van der Waals surface area contributed by atoms with Gasteiger partial charge in [0.1, 0.15) is 5.76 Å². The summed E-state index contributed by atoms with van der Waals surface area (Å²) in [6.45, 7) is 1.66. The van der Waals surface area contributed by atoms with Gasteiger partial charge in [-0.1, -0.05) is 16.8 Å². The molecule has 0 fully saturated rings. The number of anilines is 2. The molecule has 2 aromatic carbocycles. The molecule has 0 unspecified atom stereocenters. The van der Waals surface area contributed by atoms with Gasteiger partial charge in [-0.3, -0.25) is 9.52 Å². The number of nitrogens with zero attached hydrogens (tertiary/aromatic N) is 1. The van der Waals surface area contributed by atoms with Crippen LogP contribution in [-0.2, 0) is 10.0 Å². The zero-order valence-corrected chi connectivity index (χ0v) is 15.1. The van der Waals surface area contributed by atoms with Gasteiger partial charge in [0.05, 0.1) is 4.90 Å². The first kappa shape index (κ1) is 18.0. The maximum Gasteiger partial charge on any atom is 0.263 e. The van der Waals surface area contributed by atoms with E-state index in [-0.39, 0.29) is 16.6 Å². The largest absolute Gasteiger partial charge is 0.360 e. The number of aryl methyl sites for hydroxylation is 1. The van der Waals surface area contributed by atoms with Crippen LogP contribution in [0.5, 0.6) is 0 Å². The van der Waals surface area contributed by atoms with Crippen LogP contribution in [0.4, 0.5) is 11.5 Å². The van der Waals surface area contributed by atoms with Gasteiger partial charge >= 0.3 is 0 Å². The van der Waals surface area contributed by atoms with Crippen LogP contribution in [0.3, 0.4) is 0 Å². The molecule has 0 bridgehead atoms. The van der Waals surface area contributed by atoms with Crippen LogP contribution < -0.4 is 10.0 Å². The first-order valence-corrected chi connectivity index (χ1v) is 9.33. The third-order valence-electron chi connectivity index (χ3n) is 3.40. The minimum Gasteiger partial charge on any atom is -0.360 e. The lowest BCUT2D eigenvalue weighted by molar-refractivity contribution is 0.102. The van der Waals surface area contributed by atoms with E-state index >= 15 is 0 Å². The number of sulfonamides is 1. The number of halogens is 1. The minimum atomic E-state index is -3.80. The van der Waals surface area contributed by atoms with E-state index in [0.29, 0.717) is 22.0 Å². The summed E-state index contributed by atoms with van der Waals surface area (Å²) in [4.78, 5) is 12.2. The molecule has 0 radical (unpaired) electrons. The summed E-state index contributed by atoms with van der Waals surface area (Å²) < 4.78 is 31.8. The fourth-order valence-electron chi connectivity index (χ4n) is 2.13. The topological polar surface area (TPSA) is 101 Å². The molecule has 1 amide bonds. The second-order valence-electron chi connectivity index (χ2n) is 5.41. The first-order valence-electron chi connectivity index (χ1n) is 7.47. The molecule has 0 aliphatic heterocycles. The van der Waals surface area contributed by atoms with Crippen LogP contribution >= 0.6 is 11.6 Å². The Labute approximate surface area is 155 Å². The Kier molecular flexibility index (Phi) is 4.97. The van der Waals surface area contributed by atoms with Crippen molar-refractivity contribution in [2.45, 2.75) is 11.8 Å². The highest BCUT2D eigenvalue weighted by atomic mass is 35.5. The summed E-state index contributed by atoms with van der Waals surface area (Å²) in [7, 11) is -3.80. The van der Waals surface area contributed by atoms with Crippen molar-refractivity contribution in [2.75, 3.05) is 10.0 Å². The molecule has 0 aliphatic carbocycles. The Hall–Kier alpha value is -2.84. The number of rotatable bonds is 5. The van der Waals surface area contributed by atoms with E-state index in [1.807, 2.05) is 0 Å². The molecule has 0 aliphatic rings. The van der Waals surface area contributed by atoms with Crippen molar-refractivity contribution < 1.29 is 17.7 Å². The van der Waals surface area contributed by atoms with Crippen molar-refractivity contribution in [1.29, 1.82) is 0 Å². The number of aromatic nitrogens is 1. The third-order valence-corrected chi connectivity index (χ3v) is 5.02. The number of carbonyl (C=O) groups is 1. The van der Waals surface area contributed by atoms with E-state index < -0.39 is 10.0 Å². The Morgan fingerprint density at radius 1 is 1.08 bits per heavy atom. The lowest BCUT2D eigenvalue weighted by Gasteiger charge is -2.08. The van der Waals surface area contributed by atoms with Crippen molar-refractivity contribution in [1.82, 2.24) is 5.16 Å². The van der Waals surface area contributed by atoms with Gasteiger partial charge in [0, 0.05) is 22.3 Å². The number of hydrogen-bond donors (Lipinski definition) is 2.